The number of hydrogen-bond acceptors (Lipinski definition) is 9. The fourth-order valence-electron chi connectivity index (χ4n) is 3.42. The summed E-state index contributed by atoms with van der Waals surface area (Å²) in [6.45, 7) is 1.14. The van der Waals surface area contributed by atoms with Gasteiger partial charge in [-0.2, -0.15) is 0 Å². The molecule has 5 rings (SSSR count). The number of para-hydroxylation sites is 1. The van der Waals surface area contributed by atoms with Crippen LogP contribution in [0.1, 0.15) is 0 Å². The fourth-order valence-corrected chi connectivity index (χ4v) is 6.21. The summed E-state index contributed by atoms with van der Waals surface area (Å²) in [5, 5.41) is 5.70. The number of nitrogens with one attached hydrogen (secondary N) is 2. The Morgan fingerprint density at radius 3 is 2.67 bits per heavy atom. The van der Waals surface area contributed by atoms with Crippen LogP contribution >= 0.6 is 22.7 Å². The van der Waals surface area contributed by atoms with Crippen molar-refractivity contribution in [2.45, 2.75) is 4.90 Å². The van der Waals surface area contributed by atoms with Crippen molar-refractivity contribution in [1.29, 1.82) is 0 Å². The third-order valence-corrected chi connectivity index (χ3v) is 8.45. The zero-order valence-electron chi connectivity index (χ0n) is 17.4. The van der Waals surface area contributed by atoms with Crippen molar-refractivity contribution < 1.29 is 17.9 Å². The minimum absolute atomic E-state index is 0.0942. The summed E-state index contributed by atoms with van der Waals surface area (Å²) in [5.41, 5.74) is 1.36. The van der Waals surface area contributed by atoms with Gasteiger partial charge in [0.2, 0.25) is 5.91 Å². The zero-order chi connectivity index (χ0) is 23.0. The summed E-state index contributed by atoms with van der Waals surface area (Å²) in [4.78, 5) is 23.4. The second-order valence-electron chi connectivity index (χ2n) is 7.36. The van der Waals surface area contributed by atoms with Crippen molar-refractivity contribution >= 4 is 64.8 Å². The standard InChI is InChI=1S/C21H19N5O4S3/c1-30-16-3-2-4-17-18(16)24-21(32-17)26-11-13(12-26)19(27)23-14-5-7-15(8-6-14)33(28,29)25-20-22-9-10-31-20/h2-10,13H,11-12H2,1H3,(H,22,25)(H,23,27). The van der Waals surface area contributed by atoms with E-state index < -0.39 is 10.0 Å². The van der Waals surface area contributed by atoms with Gasteiger partial charge < -0.3 is 15.0 Å². The number of hydrogen-bond donors (Lipinski definition) is 2. The van der Waals surface area contributed by atoms with E-state index in [2.05, 4.69) is 24.9 Å². The molecule has 0 radical (unpaired) electrons. The van der Waals surface area contributed by atoms with Crippen LogP contribution in [0.15, 0.2) is 58.9 Å². The topological polar surface area (TPSA) is 114 Å². The molecule has 12 heteroatoms. The molecule has 0 spiro atoms. The average Bonchev–Trinajstić information content (AvgIpc) is 3.42. The molecule has 1 aliphatic heterocycles. The number of fused-ring (bicyclic) bond motifs is 1. The molecule has 1 amide bonds. The molecule has 0 bridgehead atoms. The number of rotatable bonds is 7. The molecule has 2 aromatic heterocycles. The van der Waals surface area contributed by atoms with Gasteiger partial charge in [0.25, 0.3) is 10.0 Å². The molecule has 1 fully saturated rings. The van der Waals surface area contributed by atoms with Gasteiger partial charge in [-0.15, -0.1) is 11.3 Å². The summed E-state index contributed by atoms with van der Waals surface area (Å²) in [5.74, 6) is 0.451. The summed E-state index contributed by atoms with van der Waals surface area (Å²) < 4.78 is 33.7. The first-order valence-corrected chi connectivity index (χ1v) is 13.1. The number of ether oxygens (including phenoxy) is 1. The molecule has 0 aliphatic carbocycles. The zero-order valence-corrected chi connectivity index (χ0v) is 19.8. The van der Waals surface area contributed by atoms with Gasteiger partial charge in [-0.3, -0.25) is 9.52 Å². The Hall–Kier alpha value is -3.22. The van der Waals surface area contributed by atoms with Gasteiger partial charge in [-0.1, -0.05) is 17.4 Å². The number of aromatic nitrogens is 2. The van der Waals surface area contributed by atoms with Crippen LogP contribution in [0.4, 0.5) is 16.0 Å². The van der Waals surface area contributed by atoms with Crippen LogP contribution in [0, 0.1) is 5.92 Å². The maximum Gasteiger partial charge on any atom is 0.263 e. The summed E-state index contributed by atoms with van der Waals surface area (Å²) >= 11 is 2.77. The molecule has 1 saturated heterocycles. The van der Waals surface area contributed by atoms with Crippen molar-refractivity contribution in [3.8, 4) is 5.75 Å². The van der Waals surface area contributed by atoms with Gasteiger partial charge in [0.05, 0.1) is 22.6 Å². The lowest BCUT2D eigenvalue weighted by Crippen LogP contribution is -2.52. The van der Waals surface area contributed by atoms with Crippen molar-refractivity contribution in [2.24, 2.45) is 5.92 Å². The first kappa shape index (κ1) is 21.6. The van der Waals surface area contributed by atoms with Crippen LogP contribution in [0.5, 0.6) is 5.75 Å². The lowest BCUT2D eigenvalue weighted by molar-refractivity contribution is -0.120. The molecule has 2 N–H and O–H groups in total. The van der Waals surface area contributed by atoms with Gasteiger partial charge in [-0.05, 0) is 36.4 Å². The Morgan fingerprint density at radius 2 is 1.97 bits per heavy atom. The van der Waals surface area contributed by atoms with Crippen molar-refractivity contribution in [3.63, 3.8) is 0 Å². The van der Waals surface area contributed by atoms with Crippen LogP contribution in [0.3, 0.4) is 0 Å². The number of carbonyl (C=O) groups is 1. The van der Waals surface area contributed by atoms with E-state index in [9.17, 15) is 13.2 Å². The highest BCUT2D eigenvalue weighted by Gasteiger charge is 2.34. The van der Waals surface area contributed by atoms with E-state index in [1.54, 1.807) is 36.0 Å². The molecule has 9 nitrogen and oxygen atoms in total. The van der Waals surface area contributed by atoms with E-state index in [0.717, 1.165) is 21.1 Å². The highest BCUT2D eigenvalue weighted by atomic mass is 32.2. The Bertz CT molecular complexity index is 1400. The lowest BCUT2D eigenvalue weighted by atomic mass is 10.00. The van der Waals surface area contributed by atoms with Crippen LogP contribution in [0.2, 0.25) is 0 Å². The predicted octanol–water partition coefficient (Wildman–Crippen LogP) is 3.64. The molecule has 0 atom stereocenters. The van der Waals surface area contributed by atoms with Crippen LogP contribution in [-0.4, -0.2) is 44.5 Å². The van der Waals surface area contributed by atoms with E-state index in [0.29, 0.717) is 23.9 Å². The summed E-state index contributed by atoms with van der Waals surface area (Å²) in [6.07, 6.45) is 1.52. The minimum Gasteiger partial charge on any atom is -0.494 e. The molecular weight excluding hydrogens is 482 g/mol. The van der Waals surface area contributed by atoms with Crippen LogP contribution < -0.4 is 19.7 Å². The quantitative estimate of drug-likeness (QED) is 0.397. The largest absolute Gasteiger partial charge is 0.494 e. The number of sulfonamides is 1. The molecule has 33 heavy (non-hydrogen) atoms. The second kappa shape index (κ2) is 8.61. The van der Waals surface area contributed by atoms with Gasteiger partial charge in [0.15, 0.2) is 10.3 Å². The normalized spacial score (nSPS) is 14.2. The Kier molecular flexibility index (Phi) is 5.64. The number of benzene rings is 2. The Morgan fingerprint density at radius 1 is 1.18 bits per heavy atom. The first-order valence-electron chi connectivity index (χ1n) is 9.95. The molecule has 1 aliphatic rings. The fraction of sp³-hybridized carbons (Fsp3) is 0.190. The maximum atomic E-state index is 12.6. The molecule has 3 heterocycles. The van der Waals surface area contributed by atoms with Crippen LogP contribution in [-0.2, 0) is 14.8 Å². The minimum atomic E-state index is -3.73. The molecular formula is C21H19N5O4S3. The molecule has 170 valence electrons. The number of methoxy groups -OCH3 is 1. The number of amides is 1. The number of nitrogens with zero attached hydrogens (tertiary/aromatic N) is 3. The highest BCUT2D eigenvalue weighted by molar-refractivity contribution is 7.93. The van der Waals surface area contributed by atoms with Gasteiger partial charge in [0.1, 0.15) is 11.3 Å². The number of carbonyl (C=O) groups excluding carboxylic acids is 1. The maximum absolute atomic E-state index is 12.6. The Labute approximate surface area is 198 Å². The SMILES string of the molecule is COc1cccc2sc(N3CC(C(=O)Nc4ccc(S(=O)(=O)Nc5nccs5)cc4)C3)nc12. The van der Waals surface area contributed by atoms with Crippen molar-refractivity contribution in [2.75, 3.05) is 35.1 Å². The molecule has 0 saturated carbocycles. The van der Waals surface area contributed by atoms with E-state index in [1.807, 2.05) is 18.2 Å². The summed E-state index contributed by atoms with van der Waals surface area (Å²) in [6, 6.07) is 11.9. The third-order valence-electron chi connectivity index (χ3n) is 5.20. The third kappa shape index (κ3) is 4.36. The monoisotopic (exact) mass is 501 g/mol. The average molecular weight is 502 g/mol. The molecule has 4 aromatic rings. The van der Waals surface area contributed by atoms with Crippen LogP contribution in [0.25, 0.3) is 10.2 Å². The van der Waals surface area contributed by atoms with E-state index in [1.165, 1.54) is 29.7 Å². The van der Waals surface area contributed by atoms with Gasteiger partial charge in [-0.25, -0.2) is 18.4 Å². The van der Waals surface area contributed by atoms with E-state index in [4.69, 9.17) is 4.74 Å². The number of anilines is 3. The van der Waals surface area contributed by atoms with E-state index in [-0.39, 0.29) is 16.7 Å². The lowest BCUT2D eigenvalue weighted by Gasteiger charge is -2.37. The van der Waals surface area contributed by atoms with Crippen molar-refractivity contribution in [1.82, 2.24) is 9.97 Å². The number of thiazole rings is 2. The molecule has 2 aromatic carbocycles. The smallest absolute Gasteiger partial charge is 0.263 e. The highest BCUT2D eigenvalue weighted by Crippen LogP contribution is 2.36. The predicted molar refractivity (Wildman–Crippen MR) is 130 cm³/mol. The van der Waals surface area contributed by atoms with Gasteiger partial charge in [0, 0.05) is 30.4 Å². The van der Waals surface area contributed by atoms with Gasteiger partial charge >= 0.3 is 0 Å². The first-order chi connectivity index (χ1) is 15.9. The van der Waals surface area contributed by atoms with E-state index >= 15 is 0 Å². The second-order valence-corrected chi connectivity index (χ2v) is 10.9. The summed E-state index contributed by atoms with van der Waals surface area (Å²) in [7, 11) is -2.11. The van der Waals surface area contributed by atoms with Crippen molar-refractivity contribution in [3.05, 3.63) is 54.0 Å². The molecule has 0 unspecified atom stereocenters. The Balaban J connectivity index is 1.19.